The fraction of sp³-hybridized carbons (Fsp3) is 0.833. The first-order chi connectivity index (χ1) is 9.88. The van der Waals surface area contributed by atoms with Gasteiger partial charge in [0, 0.05) is 0 Å². The van der Waals surface area contributed by atoms with Crippen molar-refractivity contribution >= 4 is 12.3 Å². The van der Waals surface area contributed by atoms with Gasteiger partial charge in [-0.25, -0.2) is 0 Å². The largest absolute Gasteiger partial charge is 0.451 e. The molecule has 9 heteroatoms. The van der Waals surface area contributed by atoms with Gasteiger partial charge in [-0.3, -0.25) is 9.59 Å². The molecule has 0 radical (unpaired) electrons. The molecule has 9 nitrogen and oxygen atoms in total. The molecule has 0 saturated heterocycles. The highest BCUT2D eigenvalue weighted by molar-refractivity contribution is 5.77. The number of hydrogen-bond acceptors (Lipinski definition) is 9. The van der Waals surface area contributed by atoms with Crippen molar-refractivity contribution in [1.82, 2.24) is 0 Å². The first-order valence-corrected chi connectivity index (χ1v) is 6.65. The molecule has 0 unspecified atom stereocenters. The fourth-order valence-electron chi connectivity index (χ4n) is 1.56. The Hall–Kier alpha value is -1.10. The van der Waals surface area contributed by atoms with E-state index >= 15 is 0 Å². The van der Waals surface area contributed by atoms with E-state index in [0.717, 1.165) is 0 Å². The Morgan fingerprint density at radius 3 is 2.29 bits per heavy atom. The second-order valence-corrected chi connectivity index (χ2v) is 4.66. The summed E-state index contributed by atoms with van der Waals surface area (Å²) in [6.45, 7) is -0.362. The van der Waals surface area contributed by atoms with Crippen molar-refractivity contribution in [3.8, 4) is 0 Å². The minimum atomic E-state index is -1.87. The van der Waals surface area contributed by atoms with E-state index in [1.807, 2.05) is 0 Å². The summed E-state index contributed by atoms with van der Waals surface area (Å²) in [5.41, 5.74) is 10.9. The molecule has 0 aromatic heterocycles. The molecular weight excluding hydrogens is 284 g/mol. The Kier molecular flexibility index (Phi) is 10.0. The highest BCUT2D eigenvalue weighted by Crippen LogP contribution is 2.09. The van der Waals surface area contributed by atoms with E-state index in [1.165, 1.54) is 0 Å². The van der Waals surface area contributed by atoms with Gasteiger partial charge in [0.15, 0.2) is 12.4 Å². The van der Waals surface area contributed by atoms with Crippen LogP contribution in [0.5, 0.6) is 0 Å². The number of carbonyl (C=O) groups excluding carboxylic acids is 2. The van der Waals surface area contributed by atoms with Crippen LogP contribution >= 0.6 is 0 Å². The maximum Gasteiger partial charge on any atom is 0.323 e. The summed E-state index contributed by atoms with van der Waals surface area (Å²) in [7, 11) is 0. The molecule has 0 amide bonds. The zero-order valence-electron chi connectivity index (χ0n) is 11.7. The average molecular weight is 308 g/mol. The van der Waals surface area contributed by atoms with Crippen LogP contribution in [-0.2, 0) is 14.3 Å². The number of carbonyl (C=O) groups is 2. The summed E-state index contributed by atoms with van der Waals surface area (Å²) in [6, 6.07) is -0.980. The number of aliphatic hydroxyl groups is 4. The molecule has 0 saturated carbocycles. The second-order valence-electron chi connectivity index (χ2n) is 4.66. The third kappa shape index (κ3) is 6.93. The summed E-state index contributed by atoms with van der Waals surface area (Å²) >= 11 is 0. The number of rotatable bonds is 11. The van der Waals surface area contributed by atoms with Crippen molar-refractivity contribution in [3.63, 3.8) is 0 Å². The number of ether oxygens (including phenoxy) is 1. The summed E-state index contributed by atoms with van der Waals surface area (Å²) in [5.74, 6) is -0.908. The molecule has 0 aliphatic rings. The van der Waals surface area contributed by atoms with Crippen molar-refractivity contribution in [2.45, 2.75) is 49.7 Å². The normalized spacial score (nSPS) is 18.4. The lowest BCUT2D eigenvalue weighted by Gasteiger charge is -2.26. The van der Waals surface area contributed by atoms with Gasteiger partial charge in [-0.1, -0.05) is 6.42 Å². The lowest BCUT2D eigenvalue weighted by atomic mass is 10.0. The number of unbranched alkanes of at least 4 members (excludes halogenated alkanes) is 1. The average Bonchev–Trinajstić information content (AvgIpc) is 2.49. The van der Waals surface area contributed by atoms with E-state index in [1.54, 1.807) is 0 Å². The standard InChI is InChI=1S/C12H24N2O7/c13-4-2-1-3-7(14)12(20)21-9(6-16)11(19)10(18)8(17)5-15/h6-11,15,17-19H,1-5,13-14H2/t7-,8+,9-,10+,11+/m0/s1. The molecule has 0 aliphatic carbocycles. The van der Waals surface area contributed by atoms with Crippen LogP contribution in [-0.4, -0.2) is 76.3 Å². The predicted molar refractivity (Wildman–Crippen MR) is 71.9 cm³/mol. The Morgan fingerprint density at radius 1 is 1.19 bits per heavy atom. The van der Waals surface area contributed by atoms with Crippen molar-refractivity contribution in [2.24, 2.45) is 11.5 Å². The van der Waals surface area contributed by atoms with Crippen LogP contribution in [0.2, 0.25) is 0 Å². The molecule has 0 rings (SSSR count). The third-order valence-corrected chi connectivity index (χ3v) is 2.93. The first-order valence-electron chi connectivity index (χ1n) is 6.65. The van der Waals surface area contributed by atoms with E-state index < -0.39 is 43.0 Å². The number of aldehydes is 1. The smallest absolute Gasteiger partial charge is 0.323 e. The molecule has 0 bridgehead atoms. The van der Waals surface area contributed by atoms with Crippen molar-refractivity contribution in [1.29, 1.82) is 0 Å². The SMILES string of the molecule is NCCCC[C@H](N)C(=O)O[C@@H](C=O)[C@@H](O)[C@H](O)[C@H](O)CO. The Balaban J connectivity index is 4.47. The monoisotopic (exact) mass is 308 g/mol. The van der Waals surface area contributed by atoms with Crippen molar-refractivity contribution in [2.75, 3.05) is 13.2 Å². The molecule has 5 atom stereocenters. The van der Waals surface area contributed by atoms with Crippen LogP contribution in [0.1, 0.15) is 19.3 Å². The van der Waals surface area contributed by atoms with Gasteiger partial charge in [-0.05, 0) is 19.4 Å². The lowest BCUT2D eigenvalue weighted by molar-refractivity contribution is -0.169. The molecule has 0 aromatic rings. The number of aliphatic hydroxyl groups excluding tert-OH is 4. The van der Waals surface area contributed by atoms with Gasteiger partial charge in [0.1, 0.15) is 24.4 Å². The molecule has 21 heavy (non-hydrogen) atoms. The number of nitrogens with two attached hydrogens (primary N) is 2. The highest BCUT2D eigenvalue weighted by Gasteiger charge is 2.34. The van der Waals surface area contributed by atoms with Crippen LogP contribution in [0.15, 0.2) is 0 Å². The van der Waals surface area contributed by atoms with Crippen LogP contribution in [0.4, 0.5) is 0 Å². The van der Waals surface area contributed by atoms with Crippen LogP contribution in [0.25, 0.3) is 0 Å². The minimum Gasteiger partial charge on any atom is -0.451 e. The van der Waals surface area contributed by atoms with Crippen LogP contribution in [0.3, 0.4) is 0 Å². The first kappa shape index (κ1) is 19.9. The Bertz CT molecular complexity index is 316. The maximum absolute atomic E-state index is 11.6. The van der Waals surface area contributed by atoms with E-state index in [9.17, 15) is 24.9 Å². The fourth-order valence-corrected chi connectivity index (χ4v) is 1.56. The quantitative estimate of drug-likeness (QED) is 0.129. The van der Waals surface area contributed by atoms with E-state index in [4.69, 9.17) is 21.3 Å². The topological polar surface area (TPSA) is 176 Å². The zero-order chi connectivity index (χ0) is 16.4. The zero-order valence-corrected chi connectivity index (χ0v) is 11.7. The molecular formula is C12H24N2O7. The summed E-state index contributed by atoms with van der Waals surface area (Å²) in [5, 5.41) is 36.9. The van der Waals surface area contributed by atoms with E-state index in [2.05, 4.69) is 0 Å². The van der Waals surface area contributed by atoms with Gasteiger partial charge in [0.2, 0.25) is 0 Å². The Labute approximate surface area is 122 Å². The molecule has 0 aromatic carbocycles. The number of hydrogen-bond donors (Lipinski definition) is 6. The Morgan fingerprint density at radius 2 is 1.81 bits per heavy atom. The van der Waals surface area contributed by atoms with Crippen LogP contribution < -0.4 is 11.5 Å². The van der Waals surface area contributed by atoms with Gasteiger partial charge in [0.05, 0.1) is 6.61 Å². The maximum atomic E-state index is 11.6. The van der Waals surface area contributed by atoms with Crippen molar-refractivity contribution in [3.05, 3.63) is 0 Å². The highest BCUT2D eigenvalue weighted by atomic mass is 16.6. The summed E-state index contributed by atoms with van der Waals surface area (Å²) in [4.78, 5) is 22.5. The minimum absolute atomic E-state index is 0.114. The van der Waals surface area contributed by atoms with Gasteiger partial charge < -0.3 is 36.6 Å². The molecule has 0 spiro atoms. The van der Waals surface area contributed by atoms with Gasteiger partial charge >= 0.3 is 5.97 Å². The summed E-state index contributed by atoms with van der Waals surface area (Å²) < 4.78 is 4.70. The molecule has 0 aliphatic heterocycles. The molecule has 0 fully saturated rings. The van der Waals surface area contributed by atoms with Gasteiger partial charge in [-0.15, -0.1) is 0 Å². The van der Waals surface area contributed by atoms with Gasteiger partial charge in [0.25, 0.3) is 0 Å². The number of esters is 1. The predicted octanol–water partition coefficient (Wildman–Crippen LogP) is -3.37. The molecule has 0 heterocycles. The third-order valence-electron chi connectivity index (χ3n) is 2.93. The second kappa shape index (κ2) is 10.6. The van der Waals surface area contributed by atoms with E-state index in [-0.39, 0.29) is 6.29 Å². The van der Waals surface area contributed by atoms with Crippen molar-refractivity contribution < 1.29 is 34.8 Å². The van der Waals surface area contributed by atoms with E-state index in [0.29, 0.717) is 25.8 Å². The summed E-state index contributed by atoms with van der Waals surface area (Å²) in [6.07, 6.45) is -5.36. The molecule has 8 N–H and O–H groups in total. The van der Waals surface area contributed by atoms with Gasteiger partial charge in [-0.2, -0.15) is 0 Å². The van der Waals surface area contributed by atoms with Crippen LogP contribution in [0, 0.1) is 0 Å². The molecule has 124 valence electrons. The lowest BCUT2D eigenvalue weighted by Crippen LogP contribution is -2.49.